The largest absolute Gasteiger partial charge is 0.372 e. The van der Waals surface area contributed by atoms with Gasteiger partial charge in [0.25, 0.3) is 0 Å². The van der Waals surface area contributed by atoms with Gasteiger partial charge in [0.05, 0.1) is 12.2 Å². The predicted molar refractivity (Wildman–Crippen MR) is 71.3 cm³/mol. The first-order chi connectivity index (χ1) is 8.05. The second-order valence-electron chi connectivity index (χ2n) is 6.49. The molecule has 2 unspecified atom stereocenters. The summed E-state index contributed by atoms with van der Waals surface area (Å²) in [6.45, 7) is 11.5. The lowest BCUT2D eigenvalue weighted by atomic mass is 9.99. The number of ether oxygens (including phenoxy) is 1. The van der Waals surface area contributed by atoms with Crippen molar-refractivity contribution in [3.8, 4) is 0 Å². The van der Waals surface area contributed by atoms with Crippen LogP contribution in [-0.2, 0) is 4.74 Å². The van der Waals surface area contributed by atoms with Crippen molar-refractivity contribution in [2.45, 2.75) is 64.2 Å². The minimum absolute atomic E-state index is 0.285. The molecule has 0 aromatic heterocycles. The predicted octanol–water partition coefficient (Wildman–Crippen LogP) is 2.02. The molecule has 2 atom stereocenters. The molecule has 0 bridgehead atoms. The smallest absolute Gasteiger partial charge is 0.0707 e. The Bertz CT molecular complexity index is 231. The first-order valence-electron chi connectivity index (χ1n) is 7.17. The van der Waals surface area contributed by atoms with E-state index in [4.69, 9.17) is 4.74 Å². The maximum atomic E-state index is 6.25. The van der Waals surface area contributed by atoms with Crippen LogP contribution in [0.4, 0.5) is 0 Å². The average molecular weight is 240 g/mol. The van der Waals surface area contributed by atoms with Crippen molar-refractivity contribution in [2.75, 3.05) is 26.2 Å². The summed E-state index contributed by atoms with van der Waals surface area (Å²) in [5.41, 5.74) is 0.285. The van der Waals surface area contributed by atoms with Crippen molar-refractivity contribution < 1.29 is 4.74 Å². The summed E-state index contributed by atoms with van der Waals surface area (Å²) >= 11 is 0. The van der Waals surface area contributed by atoms with Crippen molar-refractivity contribution in [3.05, 3.63) is 0 Å². The molecule has 0 spiro atoms. The van der Waals surface area contributed by atoms with Gasteiger partial charge >= 0.3 is 0 Å². The average Bonchev–Trinajstić information content (AvgIpc) is 2.29. The van der Waals surface area contributed by atoms with Gasteiger partial charge in [0.15, 0.2) is 0 Å². The summed E-state index contributed by atoms with van der Waals surface area (Å²) in [5.74, 6) is 0. The molecule has 0 saturated carbocycles. The third-order valence-corrected chi connectivity index (χ3v) is 3.96. The second kappa shape index (κ2) is 5.68. The van der Waals surface area contributed by atoms with Crippen molar-refractivity contribution >= 4 is 0 Å². The molecule has 3 heteroatoms. The Morgan fingerprint density at radius 2 is 1.88 bits per heavy atom. The summed E-state index contributed by atoms with van der Waals surface area (Å²) in [5, 5.41) is 3.43. The number of likely N-dealkylation sites (tertiary alicyclic amines) is 1. The lowest BCUT2D eigenvalue weighted by Gasteiger charge is -2.42. The minimum atomic E-state index is 0.285. The molecule has 2 saturated heterocycles. The highest BCUT2D eigenvalue weighted by Gasteiger charge is 2.29. The zero-order valence-corrected chi connectivity index (χ0v) is 11.7. The van der Waals surface area contributed by atoms with Gasteiger partial charge in [-0.05, 0) is 59.5 Å². The van der Waals surface area contributed by atoms with Gasteiger partial charge in [0.1, 0.15) is 0 Å². The SMILES string of the molecule is CC(C)(C)N1CCCC(OC2CCCNC2)C1. The molecule has 0 aromatic carbocycles. The number of nitrogens with zero attached hydrogens (tertiary/aromatic N) is 1. The molecular formula is C14H28N2O. The highest BCUT2D eigenvalue weighted by molar-refractivity contribution is 4.84. The Morgan fingerprint density at radius 3 is 2.53 bits per heavy atom. The van der Waals surface area contributed by atoms with Crippen molar-refractivity contribution in [3.63, 3.8) is 0 Å². The van der Waals surface area contributed by atoms with Gasteiger partial charge in [0.2, 0.25) is 0 Å². The molecule has 1 N–H and O–H groups in total. The molecule has 0 aliphatic carbocycles. The summed E-state index contributed by atoms with van der Waals surface area (Å²) in [6.07, 6.45) is 5.92. The Labute approximate surface area is 106 Å². The Balaban J connectivity index is 1.80. The molecule has 0 aromatic rings. The van der Waals surface area contributed by atoms with E-state index < -0.39 is 0 Å². The molecule has 2 fully saturated rings. The lowest BCUT2D eigenvalue weighted by Crippen LogP contribution is -2.51. The zero-order valence-electron chi connectivity index (χ0n) is 11.7. The van der Waals surface area contributed by atoms with Gasteiger partial charge in [-0.3, -0.25) is 4.90 Å². The maximum absolute atomic E-state index is 6.25. The minimum Gasteiger partial charge on any atom is -0.372 e. The second-order valence-corrected chi connectivity index (χ2v) is 6.49. The molecule has 0 amide bonds. The number of piperidine rings is 2. The van der Waals surface area contributed by atoms with Crippen LogP contribution >= 0.6 is 0 Å². The van der Waals surface area contributed by atoms with Crippen molar-refractivity contribution in [2.24, 2.45) is 0 Å². The van der Waals surface area contributed by atoms with Crippen LogP contribution in [-0.4, -0.2) is 48.8 Å². The van der Waals surface area contributed by atoms with Crippen LogP contribution in [0.2, 0.25) is 0 Å². The van der Waals surface area contributed by atoms with Gasteiger partial charge in [-0.25, -0.2) is 0 Å². The van der Waals surface area contributed by atoms with Crippen molar-refractivity contribution in [1.82, 2.24) is 10.2 Å². The molecule has 0 radical (unpaired) electrons. The normalized spacial score (nSPS) is 32.6. The third-order valence-electron chi connectivity index (χ3n) is 3.96. The standard InChI is InChI=1S/C14H28N2O/c1-14(2,3)16-9-5-7-13(11-16)17-12-6-4-8-15-10-12/h12-13,15H,4-11H2,1-3H3. The molecule has 2 rings (SSSR count). The van der Waals surface area contributed by atoms with Crippen LogP contribution < -0.4 is 5.32 Å². The Morgan fingerprint density at radius 1 is 1.12 bits per heavy atom. The van der Waals surface area contributed by atoms with E-state index in [1.165, 1.54) is 38.8 Å². The summed E-state index contributed by atoms with van der Waals surface area (Å²) < 4.78 is 6.25. The van der Waals surface area contributed by atoms with Crippen LogP contribution in [0.1, 0.15) is 46.5 Å². The number of hydrogen-bond acceptors (Lipinski definition) is 3. The fraction of sp³-hybridized carbons (Fsp3) is 1.00. The quantitative estimate of drug-likeness (QED) is 0.799. The van der Waals surface area contributed by atoms with E-state index in [0.717, 1.165) is 13.1 Å². The third kappa shape index (κ3) is 3.94. The molecule has 100 valence electrons. The van der Waals surface area contributed by atoms with Crippen LogP contribution in [0, 0.1) is 0 Å². The van der Waals surface area contributed by atoms with E-state index in [1.807, 2.05) is 0 Å². The monoisotopic (exact) mass is 240 g/mol. The summed E-state index contributed by atoms with van der Waals surface area (Å²) in [7, 11) is 0. The van der Waals surface area contributed by atoms with E-state index in [9.17, 15) is 0 Å². The Kier molecular flexibility index (Phi) is 4.45. The highest BCUT2D eigenvalue weighted by Crippen LogP contribution is 2.23. The van der Waals surface area contributed by atoms with Crippen LogP contribution in [0.15, 0.2) is 0 Å². The van der Waals surface area contributed by atoms with Gasteiger partial charge in [-0.15, -0.1) is 0 Å². The summed E-state index contributed by atoms with van der Waals surface area (Å²) in [4.78, 5) is 2.57. The van der Waals surface area contributed by atoms with E-state index in [1.54, 1.807) is 0 Å². The fourth-order valence-electron chi connectivity index (χ4n) is 2.87. The summed E-state index contributed by atoms with van der Waals surface area (Å²) in [6, 6.07) is 0. The highest BCUT2D eigenvalue weighted by atomic mass is 16.5. The van der Waals surface area contributed by atoms with Gasteiger partial charge in [0, 0.05) is 18.6 Å². The van der Waals surface area contributed by atoms with Crippen molar-refractivity contribution in [1.29, 1.82) is 0 Å². The molecule has 2 aliphatic rings. The topological polar surface area (TPSA) is 24.5 Å². The van der Waals surface area contributed by atoms with E-state index >= 15 is 0 Å². The van der Waals surface area contributed by atoms with Gasteiger partial charge < -0.3 is 10.1 Å². The Hall–Kier alpha value is -0.120. The molecule has 2 aliphatic heterocycles. The molecule has 17 heavy (non-hydrogen) atoms. The number of rotatable bonds is 2. The first-order valence-corrected chi connectivity index (χ1v) is 7.17. The number of nitrogens with one attached hydrogen (secondary N) is 1. The van der Waals surface area contributed by atoms with Crippen LogP contribution in [0.5, 0.6) is 0 Å². The zero-order chi connectivity index (χ0) is 12.3. The van der Waals surface area contributed by atoms with Gasteiger partial charge in [-0.1, -0.05) is 0 Å². The maximum Gasteiger partial charge on any atom is 0.0707 e. The molecule has 2 heterocycles. The van der Waals surface area contributed by atoms with E-state index in [2.05, 4.69) is 31.0 Å². The van der Waals surface area contributed by atoms with E-state index in [-0.39, 0.29) is 5.54 Å². The fourth-order valence-corrected chi connectivity index (χ4v) is 2.87. The molecule has 3 nitrogen and oxygen atoms in total. The molecular weight excluding hydrogens is 212 g/mol. The lowest BCUT2D eigenvalue weighted by molar-refractivity contribution is -0.0698. The number of hydrogen-bond donors (Lipinski definition) is 1. The first kappa shape index (κ1) is 13.3. The van der Waals surface area contributed by atoms with E-state index in [0.29, 0.717) is 12.2 Å². The van der Waals surface area contributed by atoms with Crippen LogP contribution in [0.25, 0.3) is 0 Å². The van der Waals surface area contributed by atoms with Gasteiger partial charge in [-0.2, -0.15) is 0 Å². The van der Waals surface area contributed by atoms with Crippen LogP contribution in [0.3, 0.4) is 0 Å².